The number of aliphatic hydroxyl groups is 1. The lowest BCUT2D eigenvalue weighted by Crippen LogP contribution is -2.24. The van der Waals surface area contributed by atoms with Gasteiger partial charge in [-0.3, -0.25) is 4.79 Å². The van der Waals surface area contributed by atoms with Gasteiger partial charge in [-0.2, -0.15) is 0 Å². The Bertz CT molecular complexity index is 377. The number of aliphatic hydroxyl groups excluding tert-OH is 1. The normalized spacial score (nSPS) is 12.2. The summed E-state index contributed by atoms with van der Waals surface area (Å²) in [6, 6.07) is 4.86. The minimum atomic E-state index is -0.931. The Morgan fingerprint density at radius 3 is 2.81 bits per heavy atom. The minimum absolute atomic E-state index is 0.174. The van der Waals surface area contributed by atoms with Gasteiger partial charge in [0.05, 0.1) is 12.2 Å². The zero-order chi connectivity index (χ0) is 12.1. The van der Waals surface area contributed by atoms with Gasteiger partial charge in [-0.25, -0.2) is 4.39 Å². The summed E-state index contributed by atoms with van der Waals surface area (Å²) in [5, 5.41) is 8.81. The third-order valence-electron chi connectivity index (χ3n) is 1.99. The molecule has 0 aliphatic heterocycles. The maximum absolute atomic E-state index is 12.4. The summed E-state index contributed by atoms with van der Waals surface area (Å²) in [5.41, 5.74) is 0.362. The van der Waals surface area contributed by atoms with Crippen molar-refractivity contribution >= 4 is 21.7 Å². The molecule has 0 aliphatic rings. The first-order valence-corrected chi connectivity index (χ1v) is 5.51. The third kappa shape index (κ3) is 3.28. The van der Waals surface area contributed by atoms with Crippen LogP contribution >= 0.6 is 15.9 Å². The van der Waals surface area contributed by atoms with Crippen LogP contribution in [0.2, 0.25) is 0 Å². The molecule has 0 saturated heterocycles. The molecule has 0 aliphatic carbocycles. The van der Waals surface area contributed by atoms with Crippen LogP contribution in [0.3, 0.4) is 0 Å². The van der Waals surface area contributed by atoms with Crippen molar-refractivity contribution in [2.75, 3.05) is 13.3 Å². The summed E-state index contributed by atoms with van der Waals surface area (Å²) in [6.07, 6.45) is -0.931. The van der Waals surface area contributed by atoms with Crippen LogP contribution in [0.4, 0.5) is 4.39 Å². The van der Waals surface area contributed by atoms with E-state index in [9.17, 15) is 9.18 Å². The molecule has 1 N–H and O–H groups in total. The van der Waals surface area contributed by atoms with Crippen molar-refractivity contribution in [3.05, 3.63) is 28.2 Å². The molecule has 0 radical (unpaired) electrons. The number of rotatable bonds is 5. The average Bonchev–Trinajstić information content (AvgIpc) is 2.27. The fraction of sp³-hybridized carbons (Fsp3) is 0.364. The zero-order valence-electron chi connectivity index (χ0n) is 8.74. The molecule has 0 aromatic heterocycles. The Morgan fingerprint density at radius 2 is 2.31 bits per heavy atom. The monoisotopic (exact) mass is 290 g/mol. The van der Waals surface area contributed by atoms with Crippen LogP contribution < -0.4 is 4.74 Å². The molecule has 1 rings (SSSR count). The molecule has 16 heavy (non-hydrogen) atoms. The summed E-state index contributed by atoms with van der Waals surface area (Å²) in [7, 11) is 0. The van der Waals surface area contributed by atoms with E-state index < -0.39 is 19.4 Å². The summed E-state index contributed by atoms with van der Waals surface area (Å²) in [4.78, 5) is 11.3. The molecule has 1 atom stereocenters. The van der Waals surface area contributed by atoms with Gasteiger partial charge >= 0.3 is 0 Å². The van der Waals surface area contributed by atoms with Crippen molar-refractivity contribution in [2.24, 2.45) is 0 Å². The largest absolute Gasteiger partial charge is 0.485 e. The van der Waals surface area contributed by atoms with E-state index in [2.05, 4.69) is 15.9 Å². The van der Waals surface area contributed by atoms with Gasteiger partial charge in [-0.1, -0.05) is 15.9 Å². The zero-order valence-corrected chi connectivity index (χ0v) is 10.3. The second-order valence-corrected chi connectivity index (χ2v) is 4.19. The molecular formula is C11H12BrFO3. The van der Waals surface area contributed by atoms with Gasteiger partial charge in [0.2, 0.25) is 0 Å². The highest BCUT2D eigenvalue weighted by atomic mass is 79.9. The molecule has 0 saturated carbocycles. The van der Waals surface area contributed by atoms with Crippen LogP contribution in [-0.2, 0) is 0 Å². The maximum atomic E-state index is 12.4. The number of ketones is 1. The van der Waals surface area contributed by atoms with Gasteiger partial charge in [-0.15, -0.1) is 0 Å². The number of ether oxygens (including phenoxy) is 1. The van der Waals surface area contributed by atoms with Crippen LogP contribution in [-0.4, -0.2) is 30.3 Å². The molecule has 3 nitrogen and oxygen atoms in total. The van der Waals surface area contributed by atoms with Crippen LogP contribution in [0.25, 0.3) is 0 Å². The van der Waals surface area contributed by atoms with E-state index in [4.69, 9.17) is 9.84 Å². The fourth-order valence-electron chi connectivity index (χ4n) is 1.18. The van der Waals surface area contributed by atoms with E-state index in [0.29, 0.717) is 5.56 Å². The SMILES string of the molecule is CC(=O)c1cc(Br)ccc1O[C@H](CO)CF. The van der Waals surface area contributed by atoms with Gasteiger partial charge in [0.25, 0.3) is 0 Å². The first-order chi connectivity index (χ1) is 7.58. The Balaban J connectivity index is 2.98. The first kappa shape index (κ1) is 13.1. The summed E-state index contributed by atoms with van der Waals surface area (Å²) in [5.74, 6) is 0.110. The molecule has 0 spiro atoms. The summed E-state index contributed by atoms with van der Waals surface area (Å²) >= 11 is 3.23. The molecule has 1 aromatic rings. The smallest absolute Gasteiger partial charge is 0.163 e. The lowest BCUT2D eigenvalue weighted by molar-refractivity contribution is 0.0888. The van der Waals surface area contributed by atoms with Crippen molar-refractivity contribution in [1.29, 1.82) is 0 Å². The number of hydrogen-bond acceptors (Lipinski definition) is 3. The highest BCUT2D eigenvalue weighted by molar-refractivity contribution is 9.10. The molecule has 0 unspecified atom stereocenters. The number of halogens is 2. The van der Waals surface area contributed by atoms with Gasteiger partial charge in [-0.05, 0) is 25.1 Å². The molecular weight excluding hydrogens is 279 g/mol. The van der Waals surface area contributed by atoms with E-state index in [0.717, 1.165) is 4.47 Å². The van der Waals surface area contributed by atoms with Crippen molar-refractivity contribution < 1.29 is 19.0 Å². The van der Waals surface area contributed by atoms with Gasteiger partial charge in [0.15, 0.2) is 5.78 Å². The van der Waals surface area contributed by atoms with Crippen LogP contribution in [0, 0.1) is 0 Å². The number of hydrogen-bond donors (Lipinski definition) is 1. The second kappa shape index (κ2) is 5.96. The Kier molecular flexibility index (Phi) is 4.89. The predicted octanol–water partition coefficient (Wildman–Crippen LogP) is 2.36. The summed E-state index contributed by atoms with van der Waals surface area (Å²) < 4.78 is 18.3. The molecule has 0 bridgehead atoms. The second-order valence-electron chi connectivity index (χ2n) is 3.27. The van der Waals surface area contributed by atoms with Gasteiger partial charge in [0.1, 0.15) is 18.5 Å². The Hall–Kier alpha value is -0.940. The van der Waals surface area contributed by atoms with E-state index >= 15 is 0 Å². The minimum Gasteiger partial charge on any atom is -0.485 e. The lowest BCUT2D eigenvalue weighted by atomic mass is 10.1. The van der Waals surface area contributed by atoms with E-state index in [1.165, 1.54) is 6.92 Å². The first-order valence-electron chi connectivity index (χ1n) is 4.72. The third-order valence-corrected chi connectivity index (χ3v) is 2.48. The lowest BCUT2D eigenvalue weighted by Gasteiger charge is -2.15. The standard InChI is InChI=1S/C11H12BrFO3/c1-7(15)10-4-8(12)2-3-11(10)16-9(5-13)6-14/h2-4,9,14H,5-6H2,1H3/t9-/m0/s1. The number of benzene rings is 1. The fourth-order valence-corrected chi connectivity index (χ4v) is 1.54. The molecule has 0 amide bonds. The Morgan fingerprint density at radius 1 is 1.62 bits per heavy atom. The topological polar surface area (TPSA) is 46.5 Å². The average molecular weight is 291 g/mol. The number of Topliss-reactive ketones (excluding diaryl/α,β-unsaturated/α-hetero) is 1. The molecule has 5 heteroatoms. The van der Waals surface area contributed by atoms with Gasteiger partial charge < -0.3 is 9.84 Å². The predicted molar refractivity (Wildman–Crippen MR) is 61.6 cm³/mol. The van der Waals surface area contributed by atoms with Crippen LogP contribution in [0.15, 0.2) is 22.7 Å². The van der Waals surface area contributed by atoms with Crippen LogP contribution in [0.5, 0.6) is 5.75 Å². The van der Waals surface area contributed by atoms with E-state index in [-0.39, 0.29) is 11.5 Å². The Labute approximate surface area is 101 Å². The molecule has 0 fully saturated rings. The number of carbonyl (C=O) groups excluding carboxylic acids is 1. The van der Waals surface area contributed by atoms with Crippen molar-refractivity contribution in [1.82, 2.24) is 0 Å². The van der Waals surface area contributed by atoms with E-state index in [1.807, 2.05) is 0 Å². The van der Waals surface area contributed by atoms with Crippen molar-refractivity contribution in [3.8, 4) is 5.75 Å². The number of carbonyl (C=O) groups is 1. The molecule has 88 valence electrons. The highest BCUT2D eigenvalue weighted by Crippen LogP contribution is 2.24. The summed E-state index contributed by atoms with van der Waals surface area (Å²) in [6.45, 7) is 0.172. The number of alkyl halides is 1. The van der Waals surface area contributed by atoms with Crippen LogP contribution in [0.1, 0.15) is 17.3 Å². The van der Waals surface area contributed by atoms with Crippen molar-refractivity contribution in [2.45, 2.75) is 13.0 Å². The van der Waals surface area contributed by atoms with Gasteiger partial charge in [0, 0.05) is 4.47 Å². The highest BCUT2D eigenvalue weighted by Gasteiger charge is 2.14. The maximum Gasteiger partial charge on any atom is 0.163 e. The van der Waals surface area contributed by atoms with Crippen molar-refractivity contribution in [3.63, 3.8) is 0 Å². The van der Waals surface area contributed by atoms with E-state index in [1.54, 1.807) is 18.2 Å². The molecule has 0 heterocycles. The molecule has 1 aromatic carbocycles. The quantitative estimate of drug-likeness (QED) is 0.847.